The van der Waals surface area contributed by atoms with Crippen molar-refractivity contribution in [2.45, 2.75) is 20.8 Å². The topological polar surface area (TPSA) is 41.7 Å². The average molecular weight is 279 g/mol. The molecule has 1 aromatic carbocycles. The van der Waals surface area contributed by atoms with Crippen LogP contribution in [0.4, 0.5) is 11.4 Å². The fourth-order valence-electron chi connectivity index (χ4n) is 2.13. The third-order valence-corrected chi connectivity index (χ3v) is 2.99. The summed E-state index contributed by atoms with van der Waals surface area (Å²) < 4.78 is 5.59. The van der Waals surface area contributed by atoms with Crippen molar-refractivity contribution in [3.63, 3.8) is 0 Å². The Hall–Kier alpha value is -1.42. The third-order valence-electron chi connectivity index (χ3n) is 2.99. The van der Waals surface area contributed by atoms with E-state index in [4.69, 9.17) is 10.5 Å². The molecule has 0 fully saturated rings. The molecule has 0 bridgehead atoms. The molecule has 0 unspecified atom stereocenters. The van der Waals surface area contributed by atoms with E-state index in [0.29, 0.717) is 12.5 Å². The number of nitrogens with two attached hydrogens (primary N) is 1. The van der Waals surface area contributed by atoms with Crippen LogP contribution in [0.5, 0.6) is 5.75 Å². The van der Waals surface area contributed by atoms with Gasteiger partial charge in [0.25, 0.3) is 0 Å². The lowest BCUT2D eigenvalue weighted by atomic mass is 10.1. The van der Waals surface area contributed by atoms with E-state index in [2.05, 4.69) is 43.8 Å². The quantitative estimate of drug-likeness (QED) is 0.743. The molecule has 0 saturated carbocycles. The second-order valence-electron chi connectivity index (χ2n) is 5.84. The monoisotopic (exact) mass is 279 g/mol. The highest BCUT2D eigenvalue weighted by Gasteiger charge is 2.11. The maximum absolute atomic E-state index is 6.00. The van der Waals surface area contributed by atoms with Crippen molar-refractivity contribution in [1.29, 1.82) is 0 Å². The molecule has 0 atom stereocenters. The van der Waals surface area contributed by atoms with E-state index >= 15 is 0 Å². The molecule has 0 aliphatic rings. The van der Waals surface area contributed by atoms with Crippen LogP contribution in [-0.4, -0.2) is 45.2 Å². The number of ether oxygens (including phenoxy) is 1. The minimum atomic E-state index is 0.606. The van der Waals surface area contributed by atoms with Gasteiger partial charge in [0.1, 0.15) is 5.75 Å². The zero-order chi connectivity index (χ0) is 15.1. The second-order valence-corrected chi connectivity index (χ2v) is 5.84. The standard InChI is InChI=1S/C16H29N3O/c1-6-20-16-10-14(17)9-15(11-16)19(12-13(2)3)8-7-18(4)5/h9-11,13H,6-8,12,17H2,1-5H3. The lowest BCUT2D eigenvalue weighted by Crippen LogP contribution is -2.34. The lowest BCUT2D eigenvalue weighted by Gasteiger charge is -2.28. The molecule has 0 aliphatic heterocycles. The second kappa shape index (κ2) is 8.00. The minimum absolute atomic E-state index is 0.606. The van der Waals surface area contributed by atoms with E-state index in [9.17, 15) is 0 Å². The zero-order valence-corrected chi connectivity index (χ0v) is 13.5. The van der Waals surface area contributed by atoms with Crippen molar-refractivity contribution in [2.24, 2.45) is 5.92 Å². The molecule has 0 aliphatic carbocycles. The molecule has 0 heterocycles. The van der Waals surface area contributed by atoms with Crippen molar-refractivity contribution < 1.29 is 4.74 Å². The smallest absolute Gasteiger partial charge is 0.123 e. The normalized spacial score (nSPS) is 11.2. The van der Waals surface area contributed by atoms with Gasteiger partial charge in [-0.1, -0.05) is 13.8 Å². The number of nitrogens with zero attached hydrogens (tertiary/aromatic N) is 2. The summed E-state index contributed by atoms with van der Waals surface area (Å²) >= 11 is 0. The highest BCUT2D eigenvalue weighted by atomic mass is 16.5. The maximum Gasteiger partial charge on any atom is 0.123 e. The average Bonchev–Trinajstić information content (AvgIpc) is 2.33. The molecule has 0 amide bonds. The summed E-state index contributed by atoms with van der Waals surface area (Å²) in [5.41, 5.74) is 7.89. The van der Waals surface area contributed by atoms with Crippen LogP contribution in [0.2, 0.25) is 0 Å². The van der Waals surface area contributed by atoms with Crippen molar-refractivity contribution in [2.75, 3.05) is 51.0 Å². The summed E-state index contributed by atoms with van der Waals surface area (Å²) in [5, 5.41) is 0. The molecule has 1 aromatic rings. The molecule has 114 valence electrons. The van der Waals surface area contributed by atoms with E-state index in [1.54, 1.807) is 0 Å². The largest absolute Gasteiger partial charge is 0.494 e. The van der Waals surface area contributed by atoms with Gasteiger partial charge in [0, 0.05) is 43.1 Å². The Kier molecular flexibility index (Phi) is 6.65. The van der Waals surface area contributed by atoms with Gasteiger partial charge in [0.05, 0.1) is 6.61 Å². The van der Waals surface area contributed by atoms with Crippen molar-refractivity contribution in [3.8, 4) is 5.75 Å². The van der Waals surface area contributed by atoms with Crippen LogP contribution < -0.4 is 15.4 Å². The first-order valence-corrected chi connectivity index (χ1v) is 7.35. The van der Waals surface area contributed by atoms with Crippen LogP contribution in [0.25, 0.3) is 0 Å². The number of nitrogen functional groups attached to an aromatic ring is 1. The first-order chi connectivity index (χ1) is 9.42. The predicted molar refractivity (Wildman–Crippen MR) is 87.6 cm³/mol. The molecule has 20 heavy (non-hydrogen) atoms. The van der Waals surface area contributed by atoms with Crippen LogP contribution >= 0.6 is 0 Å². The Morgan fingerprint density at radius 2 is 1.85 bits per heavy atom. The summed E-state index contributed by atoms with van der Waals surface area (Å²) in [6, 6.07) is 5.99. The highest BCUT2D eigenvalue weighted by molar-refractivity contribution is 5.60. The molecule has 0 saturated heterocycles. The molecule has 0 spiro atoms. The van der Waals surface area contributed by atoms with Gasteiger partial charge in [-0.3, -0.25) is 0 Å². The Balaban J connectivity index is 2.92. The Labute approximate surface area is 123 Å². The first kappa shape index (κ1) is 16.6. The fourth-order valence-corrected chi connectivity index (χ4v) is 2.13. The van der Waals surface area contributed by atoms with Gasteiger partial charge in [0.2, 0.25) is 0 Å². The van der Waals surface area contributed by atoms with Crippen molar-refractivity contribution in [3.05, 3.63) is 18.2 Å². The first-order valence-electron chi connectivity index (χ1n) is 7.35. The van der Waals surface area contributed by atoms with Gasteiger partial charge in [-0.15, -0.1) is 0 Å². The molecular formula is C16H29N3O. The van der Waals surface area contributed by atoms with E-state index in [-0.39, 0.29) is 0 Å². The molecule has 0 radical (unpaired) electrons. The van der Waals surface area contributed by atoms with Gasteiger partial charge in [-0.2, -0.15) is 0 Å². The molecule has 4 nitrogen and oxygen atoms in total. The Bertz CT molecular complexity index is 405. The van der Waals surface area contributed by atoms with Gasteiger partial charge >= 0.3 is 0 Å². The highest BCUT2D eigenvalue weighted by Crippen LogP contribution is 2.26. The van der Waals surface area contributed by atoms with Crippen LogP contribution in [0.15, 0.2) is 18.2 Å². The van der Waals surface area contributed by atoms with Gasteiger partial charge in [-0.25, -0.2) is 0 Å². The number of hydrogen-bond acceptors (Lipinski definition) is 4. The van der Waals surface area contributed by atoms with Crippen LogP contribution in [0.3, 0.4) is 0 Å². The van der Waals surface area contributed by atoms with E-state index < -0.39 is 0 Å². The third kappa shape index (κ3) is 5.70. The Morgan fingerprint density at radius 1 is 1.15 bits per heavy atom. The van der Waals surface area contributed by atoms with Crippen LogP contribution in [-0.2, 0) is 0 Å². The number of hydrogen-bond donors (Lipinski definition) is 1. The fraction of sp³-hybridized carbons (Fsp3) is 0.625. The predicted octanol–water partition coefficient (Wildman–Crippen LogP) is 2.69. The molecule has 1 rings (SSSR count). The molecule has 0 aromatic heterocycles. The SMILES string of the molecule is CCOc1cc(N)cc(N(CCN(C)C)CC(C)C)c1. The van der Waals surface area contributed by atoms with Crippen LogP contribution in [0.1, 0.15) is 20.8 Å². The summed E-state index contributed by atoms with van der Waals surface area (Å²) in [6.45, 7) is 10.1. The van der Waals surface area contributed by atoms with E-state index in [1.165, 1.54) is 0 Å². The summed E-state index contributed by atoms with van der Waals surface area (Å²) in [7, 11) is 4.19. The summed E-state index contributed by atoms with van der Waals surface area (Å²) in [4.78, 5) is 4.58. The summed E-state index contributed by atoms with van der Waals surface area (Å²) in [6.07, 6.45) is 0. The van der Waals surface area contributed by atoms with Crippen LogP contribution in [0, 0.1) is 5.92 Å². The number of rotatable bonds is 8. The number of anilines is 2. The molecular weight excluding hydrogens is 250 g/mol. The van der Waals surface area contributed by atoms with Crippen molar-refractivity contribution >= 4 is 11.4 Å². The van der Waals surface area contributed by atoms with E-state index in [1.807, 2.05) is 19.1 Å². The minimum Gasteiger partial charge on any atom is -0.494 e. The lowest BCUT2D eigenvalue weighted by molar-refractivity contribution is 0.340. The number of benzene rings is 1. The summed E-state index contributed by atoms with van der Waals surface area (Å²) in [5.74, 6) is 1.45. The van der Waals surface area contributed by atoms with Crippen molar-refractivity contribution in [1.82, 2.24) is 4.90 Å². The van der Waals surface area contributed by atoms with Gasteiger partial charge in [-0.05, 0) is 33.0 Å². The zero-order valence-electron chi connectivity index (χ0n) is 13.5. The van der Waals surface area contributed by atoms with E-state index in [0.717, 1.165) is 36.8 Å². The maximum atomic E-state index is 6.00. The van der Waals surface area contributed by atoms with Gasteiger partial charge in [0.15, 0.2) is 0 Å². The number of likely N-dealkylation sites (N-methyl/N-ethyl adjacent to an activating group) is 1. The van der Waals surface area contributed by atoms with Gasteiger partial charge < -0.3 is 20.3 Å². The molecule has 2 N–H and O–H groups in total. The molecule has 4 heteroatoms. The Morgan fingerprint density at radius 3 is 2.40 bits per heavy atom.